The lowest BCUT2D eigenvalue weighted by molar-refractivity contribution is -0.145. The van der Waals surface area contributed by atoms with Crippen molar-refractivity contribution in [3.63, 3.8) is 0 Å². The van der Waals surface area contributed by atoms with Gasteiger partial charge in [-0.25, -0.2) is 0 Å². The third kappa shape index (κ3) is 6.99. The molecule has 12 heteroatoms. The molecule has 11 nitrogen and oxygen atoms in total. The number of carbonyl (C=O) groups excluding carboxylic acids is 2. The normalized spacial score (nSPS) is 14.7. The van der Waals surface area contributed by atoms with Crippen LogP contribution < -0.4 is 21.5 Å². The van der Waals surface area contributed by atoms with E-state index in [1.807, 2.05) is 0 Å². The molecule has 1 aromatic rings. The molecule has 1 aliphatic heterocycles. The molecule has 0 saturated heterocycles. The molecule has 0 aromatic carbocycles. The van der Waals surface area contributed by atoms with Crippen molar-refractivity contribution in [3.05, 3.63) is 22.5 Å². The molecule has 1 aromatic heterocycles. The summed E-state index contributed by atoms with van der Waals surface area (Å²) in [6.45, 7) is 14.8. The van der Waals surface area contributed by atoms with E-state index in [9.17, 15) is 18.9 Å². The van der Waals surface area contributed by atoms with Crippen LogP contribution in [0.2, 0.25) is 0 Å². The molecule has 0 aliphatic carbocycles. The topological polar surface area (TPSA) is 157 Å². The van der Waals surface area contributed by atoms with Crippen LogP contribution in [-0.4, -0.2) is 53.8 Å². The molecule has 2 heterocycles. The predicted octanol–water partition coefficient (Wildman–Crippen LogP) is 2.16. The van der Waals surface area contributed by atoms with Gasteiger partial charge in [-0.3, -0.25) is 23.9 Å². The number of aromatic amines is 1. The number of hydrogen-bond acceptors (Lipinski definition) is 10. The number of rotatable bonds is 10. The smallest absolute Gasteiger partial charge is 0.277 e. The monoisotopic (exact) mass is 483 g/mol. The summed E-state index contributed by atoms with van der Waals surface area (Å²) in [4.78, 5) is 45.7. The van der Waals surface area contributed by atoms with Crippen molar-refractivity contribution >= 4 is 37.0 Å². The number of aromatic nitrogens is 2. The predicted molar refractivity (Wildman–Crippen MR) is 128 cm³/mol. The number of hydrogen-bond donors (Lipinski definition) is 3. The number of ketones is 2. The summed E-state index contributed by atoms with van der Waals surface area (Å²) in [6.07, 6.45) is -1.68. The molecule has 1 atom stereocenters. The maximum atomic E-state index is 12.7. The molecule has 0 bridgehead atoms. The summed E-state index contributed by atoms with van der Waals surface area (Å²) >= 11 is 0. The van der Waals surface area contributed by atoms with Gasteiger partial charge in [0.05, 0.1) is 13.3 Å². The first-order chi connectivity index (χ1) is 15.1. The molecule has 0 radical (unpaired) electrons. The van der Waals surface area contributed by atoms with Crippen LogP contribution in [0, 0.1) is 10.8 Å². The highest BCUT2D eigenvalue weighted by Gasteiger charge is 2.41. The summed E-state index contributed by atoms with van der Waals surface area (Å²) in [5, 5.41) is 2.95. The van der Waals surface area contributed by atoms with Gasteiger partial charge in [0.15, 0.2) is 23.5 Å². The Morgan fingerprint density at radius 2 is 1.79 bits per heavy atom. The summed E-state index contributed by atoms with van der Waals surface area (Å²) in [5.41, 5.74) is 4.55. The second kappa shape index (κ2) is 10.2. The summed E-state index contributed by atoms with van der Waals surface area (Å²) in [5.74, 6) is -0.424. The van der Waals surface area contributed by atoms with Gasteiger partial charge in [-0.05, 0) is 5.57 Å². The fraction of sp³-hybridized carbons (Fsp3) is 0.619. The van der Waals surface area contributed by atoms with Crippen molar-refractivity contribution < 1.29 is 23.4 Å². The fourth-order valence-corrected chi connectivity index (χ4v) is 3.83. The first-order valence-electron chi connectivity index (χ1n) is 10.5. The van der Waals surface area contributed by atoms with Gasteiger partial charge in [-0.1, -0.05) is 48.1 Å². The Morgan fingerprint density at radius 3 is 2.33 bits per heavy atom. The van der Waals surface area contributed by atoms with Crippen molar-refractivity contribution in [1.82, 2.24) is 9.97 Å². The van der Waals surface area contributed by atoms with Crippen LogP contribution in [0.1, 0.15) is 41.5 Å². The highest BCUT2D eigenvalue weighted by atomic mass is 31.1. The lowest BCUT2D eigenvalue weighted by Crippen LogP contribution is -2.44. The van der Waals surface area contributed by atoms with Crippen molar-refractivity contribution in [1.29, 1.82) is 0 Å². The number of anilines is 3. The summed E-state index contributed by atoms with van der Waals surface area (Å²) in [7, 11) is -2.83. The number of nitrogens with one attached hydrogen (secondary N) is 2. The van der Waals surface area contributed by atoms with E-state index >= 15 is 0 Å². The molecule has 0 fully saturated rings. The highest BCUT2D eigenvalue weighted by Crippen LogP contribution is 2.33. The first kappa shape index (κ1) is 26.8. The fourth-order valence-electron chi connectivity index (χ4n) is 3.02. The van der Waals surface area contributed by atoms with E-state index in [0.29, 0.717) is 30.3 Å². The lowest BCUT2D eigenvalue weighted by Gasteiger charge is -2.28. The maximum absolute atomic E-state index is 12.7. The zero-order chi connectivity index (χ0) is 25.1. The van der Waals surface area contributed by atoms with E-state index in [-0.39, 0.29) is 24.5 Å². The number of H-pyrrole nitrogens is 1. The van der Waals surface area contributed by atoms with Crippen LogP contribution in [0.3, 0.4) is 0 Å². The standard InChI is InChI=1S/C21H34N5O6P/c1-12(8-26-10-23-13-17(26)24-19(22)25-18(13)29)9-31-11-33(30)32-14(15(27)20(2,3)4)16(28)21(5,6)7/h14,23,33H,1,8-11H2,2-7H3,(H3,22,24,25,29). The van der Waals surface area contributed by atoms with Crippen LogP contribution in [0.25, 0.3) is 0 Å². The van der Waals surface area contributed by atoms with Crippen LogP contribution in [-0.2, 0) is 23.4 Å². The number of nitrogens with zero attached hydrogens (tertiary/aromatic N) is 2. The molecule has 0 saturated carbocycles. The molecule has 33 heavy (non-hydrogen) atoms. The molecule has 1 aliphatic rings. The largest absolute Gasteiger partial charge is 0.369 e. The average Bonchev–Trinajstić information content (AvgIpc) is 3.06. The molecule has 0 amide bonds. The van der Waals surface area contributed by atoms with Gasteiger partial charge in [-0.15, -0.1) is 0 Å². The Bertz CT molecular complexity index is 982. The van der Waals surface area contributed by atoms with E-state index < -0.39 is 36.5 Å². The molecule has 184 valence electrons. The second-order valence-corrected chi connectivity index (χ2v) is 11.3. The number of nitrogens with two attached hydrogens (primary N) is 1. The zero-order valence-electron chi connectivity index (χ0n) is 20.0. The van der Waals surface area contributed by atoms with Gasteiger partial charge in [0.1, 0.15) is 12.0 Å². The maximum Gasteiger partial charge on any atom is 0.277 e. The van der Waals surface area contributed by atoms with E-state index in [1.165, 1.54) is 0 Å². The lowest BCUT2D eigenvalue weighted by atomic mass is 9.80. The summed E-state index contributed by atoms with van der Waals surface area (Å²) in [6, 6.07) is 0. The van der Waals surface area contributed by atoms with Crippen molar-refractivity contribution in [2.75, 3.05) is 42.1 Å². The number of fused-ring (bicyclic) bond motifs is 1. The van der Waals surface area contributed by atoms with Gasteiger partial charge in [0, 0.05) is 17.4 Å². The number of ether oxygens (including phenoxy) is 1. The Labute approximate surface area is 194 Å². The average molecular weight is 484 g/mol. The van der Waals surface area contributed by atoms with Crippen molar-refractivity contribution in [3.8, 4) is 0 Å². The molecular formula is C21H34N5O6P. The third-order valence-electron chi connectivity index (χ3n) is 4.81. The second-order valence-electron chi connectivity index (χ2n) is 10.0. The van der Waals surface area contributed by atoms with Gasteiger partial charge in [0.2, 0.25) is 14.0 Å². The first-order valence-corrected chi connectivity index (χ1v) is 12.0. The van der Waals surface area contributed by atoms with Crippen LogP contribution >= 0.6 is 8.03 Å². The minimum absolute atomic E-state index is 0.00854. The van der Waals surface area contributed by atoms with Crippen LogP contribution in [0.15, 0.2) is 16.9 Å². The van der Waals surface area contributed by atoms with Crippen LogP contribution in [0.5, 0.6) is 0 Å². The van der Waals surface area contributed by atoms with Gasteiger partial charge < -0.3 is 25.2 Å². The Hall–Kier alpha value is -2.49. The molecule has 4 N–H and O–H groups in total. The van der Waals surface area contributed by atoms with E-state index in [4.69, 9.17) is 15.0 Å². The number of Topliss-reactive ketones (excluding diaryl/α,β-unsaturated/α-hetero) is 2. The van der Waals surface area contributed by atoms with Gasteiger partial charge in [0.25, 0.3) is 5.56 Å². The summed E-state index contributed by atoms with van der Waals surface area (Å²) < 4.78 is 23.4. The SMILES string of the molecule is C=C(COC[PH](=O)OC(C(=O)C(C)(C)C)C(=O)C(C)(C)C)CN1CNc2c1nc(N)[nH]c2=O. The minimum atomic E-state index is -2.83. The molecule has 0 spiro atoms. The number of carbonyl (C=O) groups is 2. The van der Waals surface area contributed by atoms with E-state index in [1.54, 1.807) is 46.4 Å². The quantitative estimate of drug-likeness (QED) is 0.256. The third-order valence-corrected chi connectivity index (χ3v) is 5.75. The molecule has 1 unspecified atom stereocenters. The minimum Gasteiger partial charge on any atom is -0.369 e. The Balaban J connectivity index is 1.91. The van der Waals surface area contributed by atoms with Crippen molar-refractivity contribution in [2.24, 2.45) is 10.8 Å². The molecular weight excluding hydrogens is 449 g/mol. The Morgan fingerprint density at radius 1 is 1.21 bits per heavy atom. The van der Waals surface area contributed by atoms with Gasteiger partial charge in [-0.2, -0.15) is 4.98 Å². The van der Waals surface area contributed by atoms with Crippen LogP contribution in [0.4, 0.5) is 17.5 Å². The Kier molecular flexibility index (Phi) is 8.27. The van der Waals surface area contributed by atoms with Gasteiger partial charge >= 0.3 is 0 Å². The van der Waals surface area contributed by atoms with E-state index in [0.717, 1.165) is 0 Å². The number of nitrogen functional groups attached to an aromatic ring is 1. The molecule has 2 rings (SSSR count). The highest BCUT2D eigenvalue weighted by molar-refractivity contribution is 7.39. The van der Waals surface area contributed by atoms with E-state index in [2.05, 4.69) is 21.9 Å². The van der Waals surface area contributed by atoms with Crippen molar-refractivity contribution in [2.45, 2.75) is 47.6 Å². The zero-order valence-corrected chi connectivity index (χ0v) is 21.0.